The van der Waals surface area contributed by atoms with E-state index in [1.165, 1.54) is 0 Å². The van der Waals surface area contributed by atoms with Gasteiger partial charge in [0, 0.05) is 61.8 Å². The molecule has 6 nitrogen and oxygen atoms in total. The van der Waals surface area contributed by atoms with Crippen molar-refractivity contribution in [3.05, 3.63) is 236 Å². The number of hydrogen-bond acceptors (Lipinski definition) is 3. The van der Waals surface area contributed by atoms with Crippen LogP contribution in [0.1, 0.15) is 5.56 Å². The van der Waals surface area contributed by atoms with Crippen LogP contribution in [0.4, 0.5) is 5.69 Å². The molecule has 0 aliphatic heterocycles. The fourth-order valence-electron chi connectivity index (χ4n) is 9.56. The lowest BCUT2D eigenvalue weighted by Crippen LogP contribution is -2.05. The van der Waals surface area contributed by atoms with E-state index in [9.17, 15) is 5.26 Å². The molecule has 6 heteroatoms. The molecule has 12 rings (SSSR count). The molecule has 0 aliphatic carbocycles. The minimum absolute atomic E-state index is 0.510. The molecule has 0 radical (unpaired) electrons. The Labute approximate surface area is 381 Å². The maximum absolute atomic E-state index is 11.0. The summed E-state index contributed by atoms with van der Waals surface area (Å²) in [6.45, 7) is 8.08. The van der Waals surface area contributed by atoms with Gasteiger partial charge >= 0.3 is 0 Å². The van der Waals surface area contributed by atoms with E-state index in [0.29, 0.717) is 11.3 Å². The minimum Gasteiger partial charge on any atom is -0.308 e. The number of benzene rings is 8. The van der Waals surface area contributed by atoms with Gasteiger partial charge in [0.05, 0.1) is 63.0 Å². The molecule has 12 aromatic rings. The van der Waals surface area contributed by atoms with E-state index in [-0.39, 0.29) is 0 Å². The van der Waals surface area contributed by atoms with E-state index in [1.54, 1.807) is 0 Å². The summed E-state index contributed by atoms with van der Waals surface area (Å²) in [4.78, 5) is 13.6. The van der Waals surface area contributed by atoms with Gasteiger partial charge in [0.15, 0.2) is 5.69 Å². The molecule has 66 heavy (non-hydrogen) atoms. The highest BCUT2D eigenvalue weighted by Crippen LogP contribution is 2.44. The molecular weight excluding hydrogens is 805 g/mol. The SMILES string of the molecule is [C-]#[N+]c1cccc(-c2c(-n3c4ccccc4c4ccc(-c5ccc(-c6ccccc6)nc5)cc43)cc(C#N)cc2-n2c3ccccc3c3ccc(-c4ccc(-c5ccccc5)nc4)cc32)c1. The molecule has 0 fully saturated rings. The third kappa shape index (κ3) is 6.41. The van der Waals surface area contributed by atoms with Gasteiger partial charge in [-0.25, -0.2) is 4.85 Å². The molecule has 4 heterocycles. The Hall–Kier alpha value is -9.36. The summed E-state index contributed by atoms with van der Waals surface area (Å²) in [7, 11) is 0. The van der Waals surface area contributed by atoms with E-state index >= 15 is 0 Å². The normalized spacial score (nSPS) is 11.3. The van der Waals surface area contributed by atoms with Crippen molar-refractivity contribution in [2.75, 3.05) is 0 Å². The first-order valence-electron chi connectivity index (χ1n) is 21.8. The average Bonchev–Trinajstić information content (AvgIpc) is 3.91. The molecule has 0 bridgehead atoms. The molecule has 0 saturated heterocycles. The highest BCUT2D eigenvalue weighted by atomic mass is 15.0. The lowest BCUT2D eigenvalue weighted by molar-refractivity contribution is 1.13. The second-order valence-electron chi connectivity index (χ2n) is 16.4. The summed E-state index contributed by atoms with van der Waals surface area (Å²) in [6.07, 6.45) is 3.88. The van der Waals surface area contributed by atoms with E-state index in [2.05, 4.69) is 160 Å². The van der Waals surface area contributed by atoms with E-state index in [0.717, 1.165) is 111 Å². The third-order valence-corrected chi connectivity index (χ3v) is 12.7. The van der Waals surface area contributed by atoms with Crippen molar-refractivity contribution in [2.45, 2.75) is 0 Å². The smallest absolute Gasteiger partial charge is 0.187 e. The monoisotopic (exact) mass is 840 g/mol. The number of nitriles is 1. The summed E-state index contributed by atoms with van der Waals surface area (Å²) >= 11 is 0. The van der Waals surface area contributed by atoms with Crippen LogP contribution in [0.3, 0.4) is 0 Å². The highest BCUT2D eigenvalue weighted by Gasteiger charge is 2.24. The van der Waals surface area contributed by atoms with Gasteiger partial charge in [-0.05, 0) is 71.3 Å². The Morgan fingerprint density at radius 1 is 0.394 bits per heavy atom. The van der Waals surface area contributed by atoms with Crippen molar-refractivity contribution in [2.24, 2.45) is 0 Å². The van der Waals surface area contributed by atoms with Crippen LogP contribution in [-0.2, 0) is 0 Å². The summed E-state index contributed by atoms with van der Waals surface area (Å²) < 4.78 is 4.59. The standard InChI is InChI=1S/C60H36N6/c1-62-47-18-12-17-44(33-47)60-58(65-54-21-10-8-19-48(54)50-27-23-42(34-56(50)65)45-25-29-52(63-37-45)40-13-4-2-5-14-40)31-39(36-61)32-59(60)66-55-22-11-9-20-49(55)51-28-24-43(35-57(51)66)46-26-30-53(64-38-46)41-15-6-3-7-16-41/h2-35,37-38H. The van der Waals surface area contributed by atoms with Gasteiger partial charge in [0.2, 0.25) is 0 Å². The van der Waals surface area contributed by atoms with Gasteiger partial charge in [0.25, 0.3) is 0 Å². The van der Waals surface area contributed by atoms with Crippen molar-refractivity contribution in [1.82, 2.24) is 19.1 Å². The number of nitrogens with zero attached hydrogens (tertiary/aromatic N) is 6. The molecule has 8 aromatic carbocycles. The quantitative estimate of drug-likeness (QED) is 0.150. The largest absolute Gasteiger partial charge is 0.308 e. The topological polar surface area (TPSA) is 63.8 Å². The number of fused-ring (bicyclic) bond motifs is 6. The van der Waals surface area contributed by atoms with Crippen molar-refractivity contribution >= 4 is 49.3 Å². The molecule has 0 atom stereocenters. The van der Waals surface area contributed by atoms with Gasteiger partial charge in [0.1, 0.15) is 0 Å². The van der Waals surface area contributed by atoms with Gasteiger partial charge < -0.3 is 9.13 Å². The second kappa shape index (κ2) is 15.8. The fourth-order valence-corrected chi connectivity index (χ4v) is 9.56. The predicted octanol–water partition coefficient (Wildman–Crippen LogP) is 15.4. The molecule has 0 unspecified atom stereocenters. The molecule has 306 valence electrons. The lowest BCUT2D eigenvalue weighted by Gasteiger charge is -2.21. The first kappa shape index (κ1) is 38.3. The van der Waals surface area contributed by atoms with Gasteiger partial charge in [-0.1, -0.05) is 152 Å². The van der Waals surface area contributed by atoms with Crippen LogP contribution in [0.2, 0.25) is 0 Å². The number of hydrogen-bond donors (Lipinski definition) is 0. The van der Waals surface area contributed by atoms with Crippen LogP contribution in [0.5, 0.6) is 0 Å². The number of pyridine rings is 2. The second-order valence-corrected chi connectivity index (χ2v) is 16.4. The zero-order valence-corrected chi connectivity index (χ0v) is 35.5. The van der Waals surface area contributed by atoms with Gasteiger partial charge in [-0.15, -0.1) is 0 Å². The van der Waals surface area contributed by atoms with Crippen LogP contribution < -0.4 is 0 Å². The third-order valence-electron chi connectivity index (χ3n) is 12.7. The van der Waals surface area contributed by atoms with Crippen LogP contribution in [0, 0.1) is 17.9 Å². The summed E-state index contributed by atoms with van der Waals surface area (Å²) in [6, 6.07) is 73.2. The molecule has 4 aromatic heterocycles. The van der Waals surface area contributed by atoms with E-state index in [4.69, 9.17) is 16.5 Å². The lowest BCUT2D eigenvalue weighted by atomic mass is 9.97. The molecule has 0 N–H and O–H groups in total. The van der Waals surface area contributed by atoms with Crippen molar-refractivity contribution in [1.29, 1.82) is 5.26 Å². The average molecular weight is 841 g/mol. The predicted molar refractivity (Wildman–Crippen MR) is 269 cm³/mol. The molecule has 0 aliphatic rings. The highest BCUT2D eigenvalue weighted by molar-refractivity contribution is 6.13. The van der Waals surface area contributed by atoms with Gasteiger partial charge in [-0.3, -0.25) is 9.97 Å². The van der Waals surface area contributed by atoms with Crippen LogP contribution in [-0.4, -0.2) is 19.1 Å². The number of para-hydroxylation sites is 2. The zero-order chi connectivity index (χ0) is 44.1. The Morgan fingerprint density at radius 2 is 0.848 bits per heavy atom. The van der Waals surface area contributed by atoms with Crippen molar-refractivity contribution in [3.8, 4) is 73.3 Å². The Balaban J connectivity index is 1.13. The first-order valence-corrected chi connectivity index (χ1v) is 21.8. The molecule has 0 amide bonds. The Bertz CT molecular complexity index is 3700. The van der Waals surface area contributed by atoms with Crippen molar-refractivity contribution in [3.63, 3.8) is 0 Å². The van der Waals surface area contributed by atoms with E-state index in [1.807, 2.05) is 79.1 Å². The zero-order valence-electron chi connectivity index (χ0n) is 35.5. The number of aromatic nitrogens is 4. The Morgan fingerprint density at radius 3 is 1.32 bits per heavy atom. The van der Waals surface area contributed by atoms with Crippen molar-refractivity contribution < 1.29 is 0 Å². The fraction of sp³-hybridized carbons (Fsp3) is 0. The summed E-state index contributed by atoms with van der Waals surface area (Å²) in [5.41, 5.74) is 16.4. The van der Waals surface area contributed by atoms with Crippen LogP contribution >= 0.6 is 0 Å². The number of rotatable bonds is 7. The van der Waals surface area contributed by atoms with E-state index < -0.39 is 0 Å². The Kier molecular flexibility index (Phi) is 9.16. The molecule has 0 saturated carbocycles. The summed E-state index contributed by atoms with van der Waals surface area (Å²) in [5.74, 6) is 0. The van der Waals surface area contributed by atoms with Gasteiger partial charge in [-0.2, -0.15) is 5.26 Å². The maximum Gasteiger partial charge on any atom is 0.187 e. The maximum atomic E-state index is 11.0. The van der Waals surface area contributed by atoms with Crippen LogP contribution in [0.25, 0.3) is 116 Å². The van der Waals surface area contributed by atoms with Crippen LogP contribution in [0.15, 0.2) is 219 Å². The molecule has 0 spiro atoms. The minimum atomic E-state index is 0.510. The molecular formula is C60H36N6. The summed E-state index contributed by atoms with van der Waals surface area (Å²) in [5, 5.41) is 15.3. The first-order chi connectivity index (χ1) is 32.6.